The summed E-state index contributed by atoms with van der Waals surface area (Å²) in [6, 6.07) is 8.97. The maximum absolute atomic E-state index is 13.8. The van der Waals surface area contributed by atoms with Crippen molar-refractivity contribution in [3.63, 3.8) is 0 Å². The fraction of sp³-hybridized carbons (Fsp3) is 0.440. The van der Waals surface area contributed by atoms with Crippen molar-refractivity contribution in [2.75, 3.05) is 24.2 Å². The topological polar surface area (TPSA) is 96.0 Å². The van der Waals surface area contributed by atoms with E-state index >= 15 is 0 Å². The van der Waals surface area contributed by atoms with Gasteiger partial charge >= 0.3 is 0 Å². The van der Waals surface area contributed by atoms with Crippen molar-refractivity contribution in [2.24, 2.45) is 0 Å². The van der Waals surface area contributed by atoms with E-state index in [1.165, 1.54) is 12.0 Å². The molecule has 2 aromatic carbocycles. The fourth-order valence-electron chi connectivity index (χ4n) is 3.74. The van der Waals surface area contributed by atoms with Crippen LogP contribution in [0.5, 0.6) is 5.75 Å². The maximum Gasteiger partial charge on any atom is 0.244 e. The third kappa shape index (κ3) is 7.51. The van der Waals surface area contributed by atoms with Gasteiger partial charge in [0.25, 0.3) is 0 Å². The number of benzene rings is 2. The van der Waals surface area contributed by atoms with Gasteiger partial charge in [0.1, 0.15) is 18.3 Å². The zero-order chi connectivity index (χ0) is 27.2. The number of sulfonamides is 1. The Labute approximate surface area is 223 Å². The van der Waals surface area contributed by atoms with Crippen LogP contribution in [-0.2, 0) is 26.2 Å². The zero-order valence-electron chi connectivity index (χ0n) is 21.3. The van der Waals surface area contributed by atoms with Gasteiger partial charge in [0.2, 0.25) is 21.8 Å². The van der Waals surface area contributed by atoms with Crippen molar-refractivity contribution in [3.05, 3.63) is 57.6 Å². The smallest absolute Gasteiger partial charge is 0.244 e. The highest BCUT2D eigenvalue weighted by Gasteiger charge is 2.33. The molecule has 198 valence electrons. The van der Waals surface area contributed by atoms with E-state index in [1.54, 1.807) is 50.2 Å². The quantitative estimate of drug-likeness (QED) is 0.441. The average molecular weight is 559 g/mol. The first-order chi connectivity index (χ1) is 16.8. The molecule has 2 rings (SSSR count). The monoisotopic (exact) mass is 557 g/mol. The Hall–Kier alpha value is -2.49. The summed E-state index contributed by atoms with van der Waals surface area (Å²) < 4.78 is 32.0. The molecule has 0 unspecified atom stereocenters. The number of hydrogen-bond donors (Lipinski definition) is 1. The van der Waals surface area contributed by atoms with Gasteiger partial charge in [-0.2, -0.15) is 0 Å². The van der Waals surface area contributed by atoms with Crippen LogP contribution in [0.3, 0.4) is 0 Å². The number of rotatable bonds is 11. The van der Waals surface area contributed by atoms with Crippen molar-refractivity contribution in [3.8, 4) is 5.75 Å². The molecule has 36 heavy (non-hydrogen) atoms. The molecule has 0 saturated heterocycles. The Morgan fingerprint density at radius 1 is 1.11 bits per heavy atom. The molecule has 1 N–H and O–H groups in total. The first-order valence-corrected chi connectivity index (χ1v) is 14.1. The molecule has 0 saturated carbocycles. The molecule has 0 aromatic heterocycles. The van der Waals surface area contributed by atoms with Gasteiger partial charge in [0.05, 0.1) is 19.1 Å². The first-order valence-electron chi connectivity index (χ1n) is 11.4. The van der Waals surface area contributed by atoms with Crippen molar-refractivity contribution >= 4 is 50.7 Å². The molecule has 0 aliphatic heterocycles. The lowest BCUT2D eigenvalue weighted by molar-refractivity contribution is -0.140. The van der Waals surface area contributed by atoms with E-state index in [1.807, 2.05) is 13.8 Å². The summed E-state index contributed by atoms with van der Waals surface area (Å²) in [6.07, 6.45) is 1.30. The van der Waals surface area contributed by atoms with Crippen molar-refractivity contribution in [1.29, 1.82) is 0 Å². The SMILES string of the molecule is CC[C@H](C(=O)NC(C)C)N(Cc1c(Cl)cccc1Cl)C(=O)CN(c1cc(C)ccc1OC)S(C)(=O)=O. The average Bonchev–Trinajstić information content (AvgIpc) is 2.77. The Kier molecular flexibility index (Phi) is 10.5. The van der Waals surface area contributed by atoms with Gasteiger partial charge in [-0.3, -0.25) is 13.9 Å². The Bertz CT molecular complexity index is 1180. The lowest BCUT2D eigenvalue weighted by Crippen LogP contribution is -2.53. The largest absolute Gasteiger partial charge is 0.495 e. The molecule has 0 bridgehead atoms. The number of amides is 2. The molecule has 0 fully saturated rings. The summed E-state index contributed by atoms with van der Waals surface area (Å²) in [5.41, 5.74) is 1.47. The van der Waals surface area contributed by atoms with Crippen LogP contribution >= 0.6 is 23.2 Å². The summed E-state index contributed by atoms with van der Waals surface area (Å²) >= 11 is 12.8. The predicted molar refractivity (Wildman–Crippen MR) is 144 cm³/mol. The van der Waals surface area contributed by atoms with E-state index in [4.69, 9.17) is 27.9 Å². The second-order valence-corrected chi connectivity index (χ2v) is 11.5. The van der Waals surface area contributed by atoms with Crippen LogP contribution in [0.1, 0.15) is 38.3 Å². The molecule has 0 spiro atoms. The Balaban J connectivity index is 2.57. The van der Waals surface area contributed by atoms with Crippen LogP contribution in [0, 0.1) is 6.92 Å². The van der Waals surface area contributed by atoms with Gasteiger partial charge in [0.15, 0.2) is 0 Å². The molecular weight excluding hydrogens is 525 g/mol. The number of halogens is 2. The summed E-state index contributed by atoms with van der Waals surface area (Å²) in [4.78, 5) is 28.2. The van der Waals surface area contributed by atoms with Gasteiger partial charge in [-0.15, -0.1) is 0 Å². The van der Waals surface area contributed by atoms with Crippen LogP contribution < -0.4 is 14.4 Å². The molecule has 2 aromatic rings. The number of methoxy groups -OCH3 is 1. The molecule has 11 heteroatoms. The molecule has 0 aliphatic rings. The molecule has 0 heterocycles. The van der Waals surface area contributed by atoms with Gasteiger partial charge < -0.3 is 15.0 Å². The van der Waals surface area contributed by atoms with Gasteiger partial charge in [-0.25, -0.2) is 8.42 Å². The van der Waals surface area contributed by atoms with Gasteiger partial charge in [0, 0.05) is 28.2 Å². The van der Waals surface area contributed by atoms with E-state index in [-0.39, 0.29) is 24.2 Å². The molecule has 2 amide bonds. The maximum atomic E-state index is 13.8. The lowest BCUT2D eigenvalue weighted by atomic mass is 10.1. The van der Waals surface area contributed by atoms with Crippen molar-refractivity contribution in [1.82, 2.24) is 10.2 Å². The number of hydrogen-bond acceptors (Lipinski definition) is 5. The van der Waals surface area contributed by atoms with Crippen LogP contribution in [0.25, 0.3) is 0 Å². The van der Waals surface area contributed by atoms with Crippen molar-refractivity contribution in [2.45, 2.75) is 52.7 Å². The number of anilines is 1. The minimum Gasteiger partial charge on any atom is -0.495 e. The van der Waals surface area contributed by atoms with Crippen molar-refractivity contribution < 1.29 is 22.7 Å². The minimum atomic E-state index is -3.90. The predicted octanol–water partition coefficient (Wildman–Crippen LogP) is 4.41. The number of carbonyl (C=O) groups is 2. The summed E-state index contributed by atoms with van der Waals surface area (Å²) in [5, 5.41) is 3.50. The van der Waals surface area contributed by atoms with Crippen LogP contribution in [-0.4, -0.2) is 57.1 Å². The zero-order valence-corrected chi connectivity index (χ0v) is 23.7. The summed E-state index contributed by atoms with van der Waals surface area (Å²) in [5.74, 6) is -0.655. The molecule has 0 radical (unpaired) electrons. The van der Waals surface area contributed by atoms with Gasteiger partial charge in [-0.05, 0) is 57.0 Å². The fourth-order valence-corrected chi connectivity index (χ4v) is 5.11. The van der Waals surface area contributed by atoms with Crippen LogP contribution in [0.15, 0.2) is 36.4 Å². The first kappa shape index (κ1) is 29.7. The standard InChI is InChI=1S/C25H33Cl2N3O5S/c1-7-21(25(32)28-16(2)3)29(14-18-19(26)9-8-10-20(18)27)24(31)15-30(36(6,33)34)22-13-17(4)11-12-23(22)35-5/h8-13,16,21H,7,14-15H2,1-6H3,(H,28,32)/t21-/m1/s1. The normalized spacial score (nSPS) is 12.2. The third-order valence-corrected chi connectivity index (χ3v) is 7.32. The second kappa shape index (κ2) is 12.7. The molecule has 1 atom stereocenters. The van der Waals surface area contributed by atoms with Gasteiger partial charge in [-0.1, -0.05) is 42.3 Å². The Morgan fingerprint density at radius 2 is 1.72 bits per heavy atom. The lowest BCUT2D eigenvalue weighted by Gasteiger charge is -2.33. The number of nitrogens with one attached hydrogen (secondary N) is 1. The van der Waals surface area contributed by atoms with E-state index < -0.39 is 28.5 Å². The van der Waals surface area contributed by atoms with E-state index in [0.29, 0.717) is 27.8 Å². The van der Waals surface area contributed by atoms with E-state index in [9.17, 15) is 18.0 Å². The highest BCUT2D eigenvalue weighted by atomic mass is 35.5. The number of aryl methyl sites for hydroxylation is 1. The summed E-state index contributed by atoms with van der Waals surface area (Å²) in [6.45, 7) is 6.58. The molecule has 0 aliphatic carbocycles. The highest BCUT2D eigenvalue weighted by Crippen LogP contribution is 2.32. The van der Waals surface area contributed by atoms with E-state index in [2.05, 4.69) is 5.32 Å². The number of nitrogens with zero attached hydrogens (tertiary/aromatic N) is 2. The number of ether oxygens (including phenoxy) is 1. The highest BCUT2D eigenvalue weighted by molar-refractivity contribution is 7.92. The van der Waals surface area contributed by atoms with Crippen LogP contribution in [0.2, 0.25) is 10.0 Å². The number of carbonyl (C=O) groups excluding carboxylic acids is 2. The minimum absolute atomic E-state index is 0.0794. The van der Waals surface area contributed by atoms with Crippen LogP contribution in [0.4, 0.5) is 5.69 Å². The second-order valence-electron chi connectivity index (χ2n) is 8.75. The Morgan fingerprint density at radius 3 is 2.22 bits per heavy atom. The van der Waals surface area contributed by atoms with E-state index in [0.717, 1.165) is 16.1 Å². The molecule has 8 nitrogen and oxygen atoms in total. The molecular formula is C25H33Cl2N3O5S. The summed E-state index contributed by atoms with van der Waals surface area (Å²) in [7, 11) is -2.48. The third-order valence-electron chi connectivity index (χ3n) is 5.49.